The van der Waals surface area contributed by atoms with E-state index in [0.717, 1.165) is 16.9 Å². The number of nitrogens with zero attached hydrogens (tertiary/aromatic N) is 1. The summed E-state index contributed by atoms with van der Waals surface area (Å²) in [6.07, 6.45) is 2.10. The highest BCUT2D eigenvalue weighted by atomic mass is 35.5. The Morgan fingerprint density at radius 3 is 2.37 bits per heavy atom. The molecule has 2 aromatic carbocycles. The molecule has 0 spiro atoms. The third-order valence-electron chi connectivity index (χ3n) is 4.99. The maximum absolute atomic E-state index is 13.1. The van der Waals surface area contributed by atoms with Crippen LogP contribution in [0.4, 0.5) is 10.5 Å². The monoisotopic (exact) mass is 500 g/mol. The largest absolute Gasteiger partial charge is 0.490 e. The van der Waals surface area contributed by atoms with Gasteiger partial charge in [0.05, 0.1) is 23.9 Å². The van der Waals surface area contributed by atoms with Gasteiger partial charge in [-0.1, -0.05) is 30.7 Å². The fourth-order valence-electron chi connectivity index (χ4n) is 3.35. The van der Waals surface area contributed by atoms with Crippen LogP contribution >= 0.6 is 11.6 Å². The number of rotatable bonds is 9. The summed E-state index contributed by atoms with van der Waals surface area (Å²) in [4.78, 5) is 50.6. The number of carbonyl (C=O) groups is 4. The minimum Gasteiger partial charge on any atom is -0.490 e. The van der Waals surface area contributed by atoms with Crippen LogP contribution in [0, 0.1) is 0 Å². The van der Waals surface area contributed by atoms with E-state index in [1.165, 1.54) is 18.2 Å². The van der Waals surface area contributed by atoms with Crippen LogP contribution in [0.3, 0.4) is 0 Å². The molecule has 0 atom stereocenters. The van der Waals surface area contributed by atoms with Gasteiger partial charge in [0.25, 0.3) is 11.8 Å². The molecule has 1 saturated heterocycles. The van der Waals surface area contributed by atoms with Crippen LogP contribution in [0.5, 0.6) is 11.5 Å². The molecule has 0 saturated carbocycles. The first-order valence-electron chi connectivity index (χ1n) is 11.0. The number of nitrogens with one attached hydrogen (secondary N) is 1. The van der Waals surface area contributed by atoms with Gasteiger partial charge in [0, 0.05) is 0 Å². The lowest BCUT2D eigenvalue weighted by atomic mass is 10.1. The average Bonchev–Trinajstić information content (AvgIpc) is 2.82. The van der Waals surface area contributed by atoms with Crippen molar-refractivity contribution in [3.8, 4) is 11.5 Å². The van der Waals surface area contributed by atoms with E-state index >= 15 is 0 Å². The number of anilines is 1. The Morgan fingerprint density at radius 1 is 1.03 bits per heavy atom. The first-order chi connectivity index (χ1) is 16.8. The number of halogens is 1. The third kappa shape index (κ3) is 5.99. The summed E-state index contributed by atoms with van der Waals surface area (Å²) in [6, 6.07) is 9.02. The summed E-state index contributed by atoms with van der Waals surface area (Å²) in [5.41, 5.74) is 1.46. The summed E-state index contributed by atoms with van der Waals surface area (Å²) < 4.78 is 15.9. The van der Waals surface area contributed by atoms with Crippen molar-refractivity contribution >= 4 is 47.2 Å². The zero-order chi connectivity index (χ0) is 25.5. The molecule has 0 unspecified atom stereocenters. The van der Waals surface area contributed by atoms with Crippen molar-refractivity contribution in [3.63, 3.8) is 0 Å². The molecular formula is C25H25ClN2O7. The van der Waals surface area contributed by atoms with Crippen LogP contribution < -0.4 is 19.7 Å². The lowest BCUT2D eigenvalue weighted by Gasteiger charge is -2.26. The predicted molar refractivity (Wildman–Crippen MR) is 130 cm³/mol. The number of carbonyl (C=O) groups excluding carboxylic acids is 4. The Kier molecular flexibility index (Phi) is 8.48. The van der Waals surface area contributed by atoms with E-state index in [1.807, 2.05) is 6.92 Å². The Bertz CT molecular complexity index is 1180. The van der Waals surface area contributed by atoms with Crippen LogP contribution in [0.25, 0.3) is 6.08 Å². The highest BCUT2D eigenvalue weighted by molar-refractivity contribution is 6.39. The van der Waals surface area contributed by atoms with E-state index in [9.17, 15) is 19.2 Å². The van der Waals surface area contributed by atoms with Gasteiger partial charge in [-0.3, -0.25) is 14.9 Å². The van der Waals surface area contributed by atoms with Gasteiger partial charge in [-0.15, -0.1) is 0 Å². The second-order valence-electron chi connectivity index (χ2n) is 7.33. The van der Waals surface area contributed by atoms with Gasteiger partial charge in [0.15, 0.2) is 18.1 Å². The summed E-state index contributed by atoms with van der Waals surface area (Å²) in [6.45, 7) is 5.52. The van der Waals surface area contributed by atoms with Crippen molar-refractivity contribution in [1.29, 1.82) is 0 Å². The van der Waals surface area contributed by atoms with Crippen LogP contribution in [0.2, 0.25) is 5.02 Å². The van der Waals surface area contributed by atoms with Crippen molar-refractivity contribution in [2.45, 2.75) is 27.2 Å². The molecule has 1 fully saturated rings. The second-order valence-corrected chi connectivity index (χ2v) is 7.74. The minimum atomic E-state index is -0.836. The number of ether oxygens (including phenoxy) is 3. The fraction of sp³-hybridized carbons (Fsp3) is 0.280. The highest BCUT2D eigenvalue weighted by Crippen LogP contribution is 2.37. The number of hydrogen-bond acceptors (Lipinski definition) is 7. The Hall–Kier alpha value is -3.85. The Balaban J connectivity index is 1.94. The number of hydrogen-bond donors (Lipinski definition) is 1. The van der Waals surface area contributed by atoms with Crippen molar-refractivity contribution in [2.75, 3.05) is 24.7 Å². The number of amides is 4. The van der Waals surface area contributed by atoms with E-state index in [1.54, 1.807) is 38.1 Å². The van der Waals surface area contributed by atoms with E-state index < -0.39 is 23.8 Å². The molecule has 0 radical (unpaired) electrons. The van der Waals surface area contributed by atoms with Crippen molar-refractivity contribution in [1.82, 2.24) is 5.32 Å². The van der Waals surface area contributed by atoms with Crippen LogP contribution in [0.1, 0.15) is 31.9 Å². The molecule has 0 aromatic heterocycles. The molecule has 3 rings (SSSR count). The molecule has 1 aliphatic heterocycles. The Morgan fingerprint density at radius 2 is 1.74 bits per heavy atom. The standard InChI is InChI=1S/C25H25ClN2O7/c1-4-15-7-9-17(10-8-15)28-24(31)18(23(30)27-25(28)32)11-16-12-19(26)22(20(13-16)33-5-2)35-14-21(29)34-6-3/h7-13H,4-6,14H2,1-3H3,(H,27,30,32)/b18-11-. The number of benzene rings is 2. The van der Waals surface area contributed by atoms with E-state index in [-0.39, 0.29) is 41.9 Å². The number of aryl methyl sites for hydroxylation is 1. The quantitative estimate of drug-likeness (QED) is 0.315. The maximum Gasteiger partial charge on any atom is 0.344 e. The number of urea groups is 1. The van der Waals surface area contributed by atoms with E-state index in [2.05, 4.69) is 5.32 Å². The zero-order valence-corrected chi connectivity index (χ0v) is 20.3. The third-order valence-corrected chi connectivity index (χ3v) is 5.27. The molecule has 0 bridgehead atoms. The summed E-state index contributed by atoms with van der Waals surface area (Å²) in [5.74, 6) is -1.85. The summed E-state index contributed by atoms with van der Waals surface area (Å²) in [5, 5.41) is 2.28. The average molecular weight is 501 g/mol. The van der Waals surface area contributed by atoms with Gasteiger partial charge in [-0.25, -0.2) is 14.5 Å². The lowest BCUT2D eigenvalue weighted by molar-refractivity contribution is -0.145. The molecule has 4 amide bonds. The van der Waals surface area contributed by atoms with Gasteiger partial charge in [-0.2, -0.15) is 0 Å². The zero-order valence-electron chi connectivity index (χ0n) is 19.6. The van der Waals surface area contributed by atoms with Crippen LogP contribution in [0.15, 0.2) is 42.0 Å². The van der Waals surface area contributed by atoms with Crippen molar-refractivity contribution in [3.05, 3.63) is 58.1 Å². The molecule has 35 heavy (non-hydrogen) atoms. The van der Waals surface area contributed by atoms with Gasteiger partial charge < -0.3 is 14.2 Å². The lowest BCUT2D eigenvalue weighted by Crippen LogP contribution is -2.54. The molecular weight excluding hydrogens is 476 g/mol. The smallest absolute Gasteiger partial charge is 0.344 e. The number of imide groups is 2. The maximum atomic E-state index is 13.1. The molecule has 1 heterocycles. The molecule has 1 N–H and O–H groups in total. The van der Waals surface area contributed by atoms with Gasteiger partial charge >= 0.3 is 12.0 Å². The summed E-state index contributed by atoms with van der Waals surface area (Å²) in [7, 11) is 0. The minimum absolute atomic E-state index is 0.0962. The van der Waals surface area contributed by atoms with Crippen LogP contribution in [-0.4, -0.2) is 43.6 Å². The van der Waals surface area contributed by atoms with Gasteiger partial charge in [0.2, 0.25) is 0 Å². The number of barbiturate groups is 1. The topological polar surface area (TPSA) is 111 Å². The molecule has 2 aromatic rings. The summed E-state index contributed by atoms with van der Waals surface area (Å²) >= 11 is 6.36. The number of esters is 1. The molecule has 0 aliphatic carbocycles. The fourth-order valence-corrected chi connectivity index (χ4v) is 3.62. The SMILES string of the molecule is CCOC(=O)COc1c(Cl)cc(/C=C2/C(=O)NC(=O)N(c3ccc(CC)cc3)C2=O)cc1OCC. The first kappa shape index (κ1) is 25.8. The van der Waals surface area contributed by atoms with E-state index in [0.29, 0.717) is 11.3 Å². The van der Waals surface area contributed by atoms with E-state index in [4.69, 9.17) is 25.8 Å². The van der Waals surface area contributed by atoms with Crippen LogP contribution in [-0.2, 0) is 25.5 Å². The predicted octanol–water partition coefficient (Wildman–Crippen LogP) is 3.91. The molecule has 184 valence electrons. The highest BCUT2D eigenvalue weighted by Gasteiger charge is 2.36. The second kappa shape index (κ2) is 11.5. The van der Waals surface area contributed by atoms with Crippen molar-refractivity contribution in [2.24, 2.45) is 0 Å². The molecule has 1 aliphatic rings. The van der Waals surface area contributed by atoms with Gasteiger partial charge in [0.1, 0.15) is 5.57 Å². The van der Waals surface area contributed by atoms with Gasteiger partial charge in [-0.05, 0) is 61.7 Å². The first-order valence-corrected chi connectivity index (χ1v) is 11.4. The normalized spacial score (nSPS) is 14.7. The Labute approximate surface area is 207 Å². The van der Waals surface area contributed by atoms with Crippen molar-refractivity contribution < 1.29 is 33.4 Å². The molecule has 10 heteroatoms. The molecule has 9 nitrogen and oxygen atoms in total.